The molecule has 4 aromatic carbocycles. The molecule has 186 valence electrons. The second kappa shape index (κ2) is 12.1. The molecule has 0 radical (unpaired) electrons. The van der Waals surface area contributed by atoms with E-state index in [1.165, 1.54) is 11.1 Å². The summed E-state index contributed by atoms with van der Waals surface area (Å²) in [6.07, 6.45) is 5.37. The van der Waals surface area contributed by atoms with Gasteiger partial charge in [-0.15, -0.1) is 0 Å². The molecule has 0 aliphatic carbocycles. The third-order valence-corrected chi connectivity index (χ3v) is 6.88. The van der Waals surface area contributed by atoms with Crippen LogP contribution in [-0.2, 0) is 18.4 Å². The summed E-state index contributed by atoms with van der Waals surface area (Å²) in [4.78, 5) is 0. The van der Waals surface area contributed by atoms with Crippen LogP contribution in [0.1, 0.15) is 67.9 Å². The molecule has 4 rings (SSSR count). The number of aryl methyl sites for hydroxylation is 2. The first-order chi connectivity index (χ1) is 17.6. The molecular formula is C34H39NO. The van der Waals surface area contributed by atoms with Gasteiger partial charge in [0, 0.05) is 5.56 Å². The molecule has 0 bridgehead atoms. The van der Waals surface area contributed by atoms with E-state index in [9.17, 15) is 0 Å². The lowest BCUT2D eigenvalue weighted by Gasteiger charge is -2.33. The van der Waals surface area contributed by atoms with Crippen LogP contribution in [0.3, 0.4) is 0 Å². The van der Waals surface area contributed by atoms with Crippen molar-refractivity contribution in [3.05, 3.63) is 125 Å². The highest BCUT2D eigenvalue weighted by atomic mass is 16.5. The van der Waals surface area contributed by atoms with Gasteiger partial charge in [-0.25, -0.2) is 0 Å². The second-order valence-electron chi connectivity index (χ2n) is 9.63. The van der Waals surface area contributed by atoms with Crippen molar-refractivity contribution >= 4 is 0 Å². The molecule has 0 aliphatic heterocycles. The van der Waals surface area contributed by atoms with Gasteiger partial charge >= 0.3 is 0 Å². The fourth-order valence-corrected chi connectivity index (χ4v) is 4.90. The maximum absolute atomic E-state index is 7.47. The Hall–Kier alpha value is -3.36. The Morgan fingerprint density at radius 1 is 0.611 bits per heavy atom. The van der Waals surface area contributed by atoms with Crippen LogP contribution in [-0.4, -0.2) is 6.61 Å². The lowest BCUT2D eigenvalue weighted by molar-refractivity contribution is 0.318. The van der Waals surface area contributed by atoms with Crippen molar-refractivity contribution in [2.45, 2.75) is 58.4 Å². The summed E-state index contributed by atoms with van der Waals surface area (Å²) in [7, 11) is 0. The van der Waals surface area contributed by atoms with Crippen LogP contribution in [0.2, 0.25) is 0 Å². The third-order valence-electron chi connectivity index (χ3n) is 6.88. The first kappa shape index (κ1) is 25.7. The smallest absolute Gasteiger partial charge is 0.127 e. The van der Waals surface area contributed by atoms with Gasteiger partial charge in [0.2, 0.25) is 0 Å². The Morgan fingerprint density at radius 3 is 1.64 bits per heavy atom. The van der Waals surface area contributed by atoms with E-state index in [-0.39, 0.29) is 0 Å². The lowest BCUT2D eigenvalue weighted by Crippen LogP contribution is -2.39. The lowest BCUT2D eigenvalue weighted by atomic mass is 9.76. The maximum Gasteiger partial charge on any atom is 0.127 e. The van der Waals surface area contributed by atoms with Crippen LogP contribution in [0.5, 0.6) is 5.75 Å². The number of benzene rings is 4. The molecule has 2 heteroatoms. The van der Waals surface area contributed by atoms with Crippen molar-refractivity contribution in [3.63, 3.8) is 0 Å². The monoisotopic (exact) mass is 477 g/mol. The van der Waals surface area contributed by atoms with E-state index in [0.717, 1.165) is 65.7 Å². The van der Waals surface area contributed by atoms with Crippen LogP contribution in [0.25, 0.3) is 11.1 Å². The zero-order valence-electron chi connectivity index (χ0n) is 22.0. The largest absolute Gasteiger partial charge is 0.493 e. The minimum Gasteiger partial charge on any atom is -0.493 e. The predicted octanol–water partition coefficient (Wildman–Crippen LogP) is 8.30. The SMILES string of the molecule is CCCOc1ccc(C(N)(c2ccc(CCC)cc2)c2ccc(CCC)cc2)cc1-c1ccccc1. The van der Waals surface area contributed by atoms with Crippen LogP contribution >= 0.6 is 0 Å². The highest BCUT2D eigenvalue weighted by Gasteiger charge is 2.33. The quantitative estimate of drug-likeness (QED) is 0.221. The topological polar surface area (TPSA) is 35.2 Å². The van der Waals surface area contributed by atoms with E-state index < -0.39 is 5.54 Å². The molecule has 0 aliphatic rings. The van der Waals surface area contributed by atoms with Crippen LogP contribution < -0.4 is 10.5 Å². The van der Waals surface area contributed by atoms with Gasteiger partial charge in [0.15, 0.2) is 0 Å². The van der Waals surface area contributed by atoms with Gasteiger partial charge in [-0.2, -0.15) is 0 Å². The molecule has 0 atom stereocenters. The fraction of sp³-hybridized carbons (Fsp3) is 0.294. The molecule has 0 saturated heterocycles. The summed E-state index contributed by atoms with van der Waals surface area (Å²) < 4.78 is 6.16. The van der Waals surface area contributed by atoms with E-state index in [0.29, 0.717) is 6.61 Å². The Labute approximate surface area is 217 Å². The Balaban J connectivity index is 1.88. The van der Waals surface area contributed by atoms with E-state index in [4.69, 9.17) is 10.5 Å². The average Bonchev–Trinajstić information content (AvgIpc) is 2.93. The Morgan fingerprint density at radius 2 is 1.14 bits per heavy atom. The zero-order chi connectivity index (χ0) is 25.4. The molecule has 0 aromatic heterocycles. The first-order valence-corrected chi connectivity index (χ1v) is 13.4. The van der Waals surface area contributed by atoms with Crippen molar-refractivity contribution in [1.82, 2.24) is 0 Å². The van der Waals surface area contributed by atoms with Crippen molar-refractivity contribution < 1.29 is 4.74 Å². The maximum atomic E-state index is 7.47. The minimum atomic E-state index is -0.789. The highest BCUT2D eigenvalue weighted by molar-refractivity contribution is 5.72. The molecule has 2 nitrogen and oxygen atoms in total. The second-order valence-corrected chi connectivity index (χ2v) is 9.63. The molecule has 0 unspecified atom stereocenters. The van der Waals surface area contributed by atoms with Crippen LogP contribution in [0, 0.1) is 0 Å². The first-order valence-electron chi connectivity index (χ1n) is 13.4. The van der Waals surface area contributed by atoms with Gasteiger partial charge in [-0.05, 0) is 64.8 Å². The van der Waals surface area contributed by atoms with Gasteiger partial charge in [0.25, 0.3) is 0 Å². The summed E-state index contributed by atoms with van der Waals surface area (Å²) in [5.74, 6) is 0.894. The van der Waals surface area contributed by atoms with E-state index in [2.05, 4.69) is 112 Å². The van der Waals surface area contributed by atoms with Crippen molar-refractivity contribution in [3.8, 4) is 16.9 Å². The summed E-state index contributed by atoms with van der Waals surface area (Å²) in [5, 5.41) is 0. The number of nitrogens with two attached hydrogens (primary N) is 1. The van der Waals surface area contributed by atoms with Crippen molar-refractivity contribution in [2.75, 3.05) is 6.61 Å². The van der Waals surface area contributed by atoms with E-state index in [1.807, 2.05) is 6.07 Å². The number of hydrogen-bond donors (Lipinski definition) is 1. The molecule has 36 heavy (non-hydrogen) atoms. The van der Waals surface area contributed by atoms with Gasteiger partial charge in [0.1, 0.15) is 5.75 Å². The van der Waals surface area contributed by atoms with Gasteiger partial charge in [-0.1, -0.05) is 119 Å². The standard InChI is InChI=1S/C34H39NO/c1-4-10-26-14-18-29(19-15-26)34(35,30-20-16-27(11-5-2)17-21-30)31-22-23-33(36-24-6-3)32(25-31)28-12-8-7-9-13-28/h7-9,12-23,25H,4-6,10-11,24,35H2,1-3H3. The number of rotatable bonds is 11. The normalized spacial score (nSPS) is 11.4. The number of ether oxygens (including phenoxy) is 1. The Bertz CT molecular complexity index is 1180. The average molecular weight is 478 g/mol. The summed E-state index contributed by atoms with van der Waals surface area (Å²) in [6, 6.07) is 34.6. The zero-order valence-corrected chi connectivity index (χ0v) is 22.0. The third kappa shape index (κ3) is 5.55. The minimum absolute atomic E-state index is 0.685. The molecule has 0 heterocycles. The molecule has 0 spiro atoms. The van der Waals surface area contributed by atoms with Crippen LogP contribution in [0.15, 0.2) is 97.1 Å². The Kier molecular flexibility index (Phi) is 8.61. The van der Waals surface area contributed by atoms with Crippen molar-refractivity contribution in [1.29, 1.82) is 0 Å². The van der Waals surface area contributed by atoms with Crippen molar-refractivity contribution in [2.24, 2.45) is 5.73 Å². The fourth-order valence-electron chi connectivity index (χ4n) is 4.90. The molecule has 0 saturated carbocycles. The molecule has 0 fully saturated rings. The summed E-state index contributed by atoms with van der Waals surface area (Å²) >= 11 is 0. The predicted molar refractivity (Wildman–Crippen MR) is 153 cm³/mol. The van der Waals surface area contributed by atoms with Gasteiger partial charge in [-0.3, -0.25) is 0 Å². The molecule has 2 N–H and O–H groups in total. The van der Waals surface area contributed by atoms with Crippen LogP contribution in [0.4, 0.5) is 0 Å². The van der Waals surface area contributed by atoms with Gasteiger partial charge in [0.05, 0.1) is 12.1 Å². The van der Waals surface area contributed by atoms with E-state index >= 15 is 0 Å². The summed E-state index contributed by atoms with van der Waals surface area (Å²) in [5.41, 5.74) is 14.8. The summed E-state index contributed by atoms with van der Waals surface area (Å²) in [6.45, 7) is 7.25. The number of hydrogen-bond acceptors (Lipinski definition) is 2. The highest BCUT2D eigenvalue weighted by Crippen LogP contribution is 2.39. The van der Waals surface area contributed by atoms with E-state index in [1.54, 1.807) is 0 Å². The molecular weight excluding hydrogens is 438 g/mol. The molecule has 0 amide bonds. The van der Waals surface area contributed by atoms with Gasteiger partial charge < -0.3 is 10.5 Å². The molecule has 4 aromatic rings.